The number of carbonyl (C=O) groups is 2. The van der Waals surface area contributed by atoms with Gasteiger partial charge in [0.1, 0.15) is 0 Å². The highest BCUT2D eigenvalue weighted by Crippen LogP contribution is 2.39. The van der Waals surface area contributed by atoms with E-state index in [4.69, 9.17) is 0 Å². The highest BCUT2D eigenvalue weighted by atomic mass is 16.4. The molecule has 4 aromatic rings. The molecule has 1 saturated carbocycles. The van der Waals surface area contributed by atoms with Crippen LogP contribution < -0.4 is 0 Å². The van der Waals surface area contributed by atoms with Crippen molar-refractivity contribution in [3.63, 3.8) is 0 Å². The molecular formula is C28H29N5O3. The first kappa shape index (κ1) is 23.7. The molecule has 0 aliphatic heterocycles. The second-order valence-corrected chi connectivity index (χ2v) is 9.57. The molecule has 2 N–H and O–H groups in total. The number of hydrogen-bond donors (Lipinski definition) is 2. The normalized spacial score (nSPS) is 14.7. The lowest BCUT2D eigenvalue weighted by Crippen LogP contribution is -2.43. The fraction of sp³-hybridized carbons (Fsp3) is 0.321. The van der Waals surface area contributed by atoms with Crippen LogP contribution in [-0.2, 0) is 16.1 Å². The van der Waals surface area contributed by atoms with E-state index in [0.717, 1.165) is 45.9 Å². The summed E-state index contributed by atoms with van der Waals surface area (Å²) in [5.41, 5.74) is 3.11. The van der Waals surface area contributed by atoms with Crippen LogP contribution in [0.4, 0.5) is 0 Å². The standard InChI is InChI=1S/C28H29N5O3/c1-2-25(34)33(18-28(27(35)36)13-5-6-14-28)17-19-9-10-21-16-22(12-11-20(21)15-19)23-7-3-4-8-24(23)26-29-31-32-30-26/h3-4,7-12,15-16H,2,5-6,13-14,17-18H2,1H3,(H,35,36)(H,29,30,31,32). The van der Waals surface area contributed by atoms with E-state index in [2.05, 4.69) is 51.0 Å². The Kier molecular flexibility index (Phi) is 6.50. The molecule has 0 spiro atoms. The zero-order valence-electron chi connectivity index (χ0n) is 20.3. The summed E-state index contributed by atoms with van der Waals surface area (Å²) in [4.78, 5) is 26.6. The second kappa shape index (κ2) is 9.89. The number of nitrogens with one attached hydrogen (secondary N) is 1. The lowest BCUT2D eigenvalue weighted by Gasteiger charge is -2.32. The molecule has 0 atom stereocenters. The van der Waals surface area contributed by atoms with Crippen molar-refractivity contribution in [2.45, 2.75) is 45.6 Å². The van der Waals surface area contributed by atoms with Gasteiger partial charge in [-0.15, -0.1) is 10.2 Å². The molecule has 8 nitrogen and oxygen atoms in total. The number of rotatable bonds is 8. The second-order valence-electron chi connectivity index (χ2n) is 9.57. The molecule has 5 rings (SSSR count). The first-order chi connectivity index (χ1) is 17.5. The van der Waals surface area contributed by atoms with Gasteiger partial charge in [-0.3, -0.25) is 9.59 Å². The number of aliphatic carboxylic acids is 1. The maximum absolute atomic E-state index is 12.8. The highest BCUT2D eigenvalue weighted by molar-refractivity contribution is 5.91. The molecule has 1 fully saturated rings. The van der Waals surface area contributed by atoms with Gasteiger partial charge in [-0.25, -0.2) is 0 Å². The number of aromatic amines is 1. The van der Waals surface area contributed by atoms with Crippen LogP contribution in [0.2, 0.25) is 0 Å². The Morgan fingerprint density at radius 2 is 1.72 bits per heavy atom. The van der Waals surface area contributed by atoms with Crippen molar-refractivity contribution >= 4 is 22.6 Å². The van der Waals surface area contributed by atoms with Crippen molar-refractivity contribution in [3.8, 4) is 22.5 Å². The van der Waals surface area contributed by atoms with Crippen LogP contribution in [0.3, 0.4) is 0 Å². The number of nitrogens with zero attached hydrogens (tertiary/aromatic N) is 4. The fourth-order valence-electron chi connectivity index (χ4n) is 5.30. The molecule has 1 aliphatic rings. The molecular weight excluding hydrogens is 454 g/mol. The summed E-state index contributed by atoms with van der Waals surface area (Å²) in [6.07, 6.45) is 3.40. The monoisotopic (exact) mass is 483 g/mol. The summed E-state index contributed by atoms with van der Waals surface area (Å²) < 4.78 is 0. The van der Waals surface area contributed by atoms with E-state index in [1.165, 1.54) is 0 Å². The van der Waals surface area contributed by atoms with E-state index in [1.54, 1.807) is 4.90 Å². The molecule has 1 amide bonds. The topological polar surface area (TPSA) is 112 Å². The van der Waals surface area contributed by atoms with Gasteiger partial charge in [-0.2, -0.15) is 5.21 Å². The van der Waals surface area contributed by atoms with E-state index in [-0.39, 0.29) is 12.5 Å². The fourth-order valence-corrected chi connectivity index (χ4v) is 5.30. The van der Waals surface area contributed by atoms with E-state index < -0.39 is 11.4 Å². The third-order valence-corrected chi connectivity index (χ3v) is 7.27. The Labute approximate surface area is 209 Å². The number of H-pyrrole nitrogens is 1. The summed E-state index contributed by atoms with van der Waals surface area (Å²) in [5, 5.41) is 26.5. The number of carboxylic acid groups (broad SMARTS) is 1. The van der Waals surface area contributed by atoms with Crippen LogP contribution in [0.1, 0.15) is 44.6 Å². The average Bonchev–Trinajstić information content (AvgIpc) is 3.61. The van der Waals surface area contributed by atoms with Crippen LogP contribution in [0, 0.1) is 5.41 Å². The van der Waals surface area contributed by atoms with Crippen molar-refractivity contribution in [3.05, 3.63) is 66.2 Å². The molecule has 0 radical (unpaired) electrons. The average molecular weight is 484 g/mol. The zero-order chi connectivity index (χ0) is 25.1. The first-order valence-corrected chi connectivity index (χ1v) is 12.4. The van der Waals surface area contributed by atoms with Gasteiger partial charge in [0.15, 0.2) is 0 Å². The Morgan fingerprint density at radius 3 is 2.42 bits per heavy atom. The van der Waals surface area contributed by atoms with Gasteiger partial charge < -0.3 is 10.0 Å². The first-order valence-electron chi connectivity index (χ1n) is 12.4. The lowest BCUT2D eigenvalue weighted by molar-refractivity contribution is -0.151. The molecule has 36 heavy (non-hydrogen) atoms. The SMILES string of the molecule is CCC(=O)N(Cc1ccc2cc(-c3ccccc3-c3nn[nH]n3)ccc2c1)CC1(C(=O)O)CCCC1. The summed E-state index contributed by atoms with van der Waals surface area (Å²) >= 11 is 0. The molecule has 3 aromatic carbocycles. The number of tetrazole rings is 1. The molecule has 0 unspecified atom stereocenters. The summed E-state index contributed by atoms with van der Waals surface area (Å²) in [5.74, 6) is -0.264. The van der Waals surface area contributed by atoms with E-state index in [1.807, 2.05) is 37.3 Å². The van der Waals surface area contributed by atoms with Crippen molar-refractivity contribution < 1.29 is 14.7 Å². The molecule has 1 aromatic heterocycles. The van der Waals surface area contributed by atoms with Crippen molar-refractivity contribution in [1.29, 1.82) is 0 Å². The Bertz CT molecular complexity index is 1390. The number of carbonyl (C=O) groups excluding carboxylic acids is 1. The zero-order valence-corrected chi connectivity index (χ0v) is 20.3. The van der Waals surface area contributed by atoms with Gasteiger partial charge >= 0.3 is 5.97 Å². The van der Waals surface area contributed by atoms with Crippen LogP contribution in [0.25, 0.3) is 33.3 Å². The molecule has 184 valence electrons. The minimum atomic E-state index is -0.831. The quantitative estimate of drug-likeness (QED) is 0.362. The van der Waals surface area contributed by atoms with Crippen LogP contribution >= 0.6 is 0 Å². The lowest BCUT2D eigenvalue weighted by atomic mass is 9.85. The number of amides is 1. The highest BCUT2D eigenvalue weighted by Gasteiger charge is 2.43. The van der Waals surface area contributed by atoms with Gasteiger partial charge in [0.2, 0.25) is 11.7 Å². The van der Waals surface area contributed by atoms with Crippen molar-refractivity contribution in [2.24, 2.45) is 5.41 Å². The van der Waals surface area contributed by atoms with E-state index in [9.17, 15) is 14.7 Å². The third kappa shape index (κ3) is 4.58. The molecule has 1 heterocycles. The van der Waals surface area contributed by atoms with Gasteiger partial charge in [0.05, 0.1) is 5.41 Å². The minimum Gasteiger partial charge on any atom is -0.481 e. The Morgan fingerprint density at radius 1 is 1.00 bits per heavy atom. The van der Waals surface area contributed by atoms with Crippen molar-refractivity contribution in [2.75, 3.05) is 6.54 Å². The summed E-state index contributed by atoms with van der Waals surface area (Å²) in [6, 6.07) is 20.4. The van der Waals surface area contributed by atoms with Gasteiger partial charge in [-0.1, -0.05) is 68.3 Å². The predicted molar refractivity (Wildman–Crippen MR) is 137 cm³/mol. The van der Waals surface area contributed by atoms with Crippen molar-refractivity contribution in [1.82, 2.24) is 25.5 Å². The van der Waals surface area contributed by atoms with Crippen LogP contribution in [-0.4, -0.2) is 49.1 Å². The smallest absolute Gasteiger partial charge is 0.311 e. The molecule has 0 saturated heterocycles. The summed E-state index contributed by atoms with van der Waals surface area (Å²) in [7, 11) is 0. The van der Waals surface area contributed by atoms with Gasteiger partial charge in [0.25, 0.3) is 0 Å². The predicted octanol–water partition coefficient (Wildman–Crippen LogP) is 5.07. The van der Waals surface area contributed by atoms with E-state index >= 15 is 0 Å². The largest absolute Gasteiger partial charge is 0.481 e. The maximum Gasteiger partial charge on any atom is 0.311 e. The maximum atomic E-state index is 12.8. The van der Waals surface area contributed by atoms with Gasteiger partial charge in [-0.05, 0) is 57.7 Å². The van der Waals surface area contributed by atoms with Gasteiger partial charge in [0, 0.05) is 25.1 Å². The molecule has 0 bridgehead atoms. The van der Waals surface area contributed by atoms with Crippen LogP contribution in [0.5, 0.6) is 0 Å². The Balaban J connectivity index is 1.42. The number of fused-ring (bicyclic) bond motifs is 1. The Hall–Kier alpha value is -4.07. The minimum absolute atomic E-state index is 0.0176. The number of hydrogen-bond acceptors (Lipinski definition) is 5. The molecule has 1 aliphatic carbocycles. The van der Waals surface area contributed by atoms with Crippen LogP contribution in [0.15, 0.2) is 60.7 Å². The van der Waals surface area contributed by atoms with E-state index in [0.29, 0.717) is 31.6 Å². The summed E-state index contributed by atoms with van der Waals surface area (Å²) in [6.45, 7) is 2.49. The number of benzene rings is 3. The number of carboxylic acids is 1. The third-order valence-electron chi connectivity index (χ3n) is 7.27. The number of aromatic nitrogens is 4. The molecule has 8 heteroatoms.